The summed E-state index contributed by atoms with van der Waals surface area (Å²) in [5.74, 6) is 0. The summed E-state index contributed by atoms with van der Waals surface area (Å²) in [4.78, 5) is 3.22. The zero-order chi connectivity index (χ0) is 10.3. The molecule has 0 amide bonds. The number of halogens is 1. The minimum Gasteiger partial charge on any atom is -0.361 e. The fourth-order valence-electron chi connectivity index (χ4n) is 1.63. The normalized spacial score (nSPS) is 12.3. The molecule has 3 heteroatoms. The largest absolute Gasteiger partial charge is 0.361 e. The average Bonchev–Trinajstić information content (AvgIpc) is 2.45. The number of aromatic nitrogens is 1. The number of rotatable bonds is 1. The molecular weight excluding hydrogens is 240 g/mol. The Morgan fingerprint density at radius 2 is 2.07 bits per heavy atom. The van der Waals surface area contributed by atoms with Gasteiger partial charge in [-0.05, 0) is 37.6 Å². The molecule has 2 rings (SSSR count). The first-order chi connectivity index (χ1) is 6.48. The van der Waals surface area contributed by atoms with Gasteiger partial charge >= 0.3 is 0 Å². The van der Waals surface area contributed by atoms with Crippen LogP contribution in [0.3, 0.4) is 0 Å². The Morgan fingerprint density at radius 1 is 1.36 bits per heavy atom. The maximum Gasteiger partial charge on any atom is 0.0458 e. The van der Waals surface area contributed by atoms with Gasteiger partial charge in [0.25, 0.3) is 0 Å². The Morgan fingerprint density at radius 3 is 2.71 bits per heavy atom. The van der Waals surface area contributed by atoms with Gasteiger partial charge in [-0.2, -0.15) is 0 Å². The van der Waals surface area contributed by atoms with Crippen molar-refractivity contribution in [1.82, 2.24) is 4.98 Å². The van der Waals surface area contributed by atoms with Gasteiger partial charge in [-0.1, -0.05) is 15.9 Å². The summed E-state index contributed by atoms with van der Waals surface area (Å²) in [5, 5.41) is 1.19. The van der Waals surface area contributed by atoms with E-state index in [1.165, 1.54) is 5.39 Å². The molecule has 74 valence electrons. The van der Waals surface area contributed by atoms with Crippen molar-refractivity contribution >= 4 is 26.8 Å². The first-order valence-corrected chi connectivity index (χ1v) is 5.34. The number of hydrogen-bond donors (Lipinski definition) is 2. The van der Waals surface area contributed by atoms with Crippen LogP contribution in [0.1, 0.15) is 19.4 Å². The van der Waals surface area contributed by atoms with Crippen LogP contribution < -0.4 is 5.73 Å². The molecule has 0 aliphatic heterocycles. The fourth-order valence-corrected chi connectivity index (χ4v) is 1.99. The Labute approximate surface area is 91.6 Å². The lowest BCUT2D eigenvalue weighted by molar-refractivity contribution is 0.559. The van der Waals surface area contributed by atoms with Crippen molar-refractivity contribution in [3.63, 3.8) is 0 Å². The third-order valence-corrected chi connectivity index (χ3v) is 2.83. The van der Waals surface area contributed by atoms with Crippen molar-refractivity contribution in [1.29, 1.82) is 0 Å². The Hall–Kier alpha value is -0.800. The van der Waals surface area contributed by atoms with E-state index in [4.69, 9.17) is 5.73 Å². The monoisotopic (exact) mass is 252 g/mol. The molecular formula is C11H13BrN2. The van der Waals surface area contributed by atoms with E-state index in [1.54, 1.807) is 0 Å². The molecule has 2 nitrogen and oxygen atoms in total. The molecule has 14 heavy (non-hydrogen) atoms. The Balaban J connectivity index is 2.73. The number of nitrogens with two attached hydrogens (primary N) is 1. The third-order valence-electron chi connectivity index (χ3n) is 2.34. The maximum absolute atomic E-state index is 6.08. The molecule has 0 fully saturated rings. The minimum absolute atomic E-state index is 0.307. The number of H-pyrrole nitrogens is 1. The summed E-state index contributed by atoms with van der Waals surface area (Å²) >= 11 is 3.46. The quantitative estimate of drug-likeness (QED) is 0.805. The van der Waals surface area contributed by atoms with E-state index in [2.05, 4.69) is 33.0 Å². The van der Waals surface area contributed by atoms with Crippen molar-refractivity contribution < 1.29 is 0 Å². The van der Waals surface area contributed by atoms with Gasteiger partial charge in [0.1, 0.15) is 0 Å². The molecule has 0 saturated heterocycles. The number of nitrogens with one attached hydrogen (secondary N) is 1. The van der Waals surface area contributed by atoms with Crippen LogP contribution >= 0.6 is 15.9 Å². The zero-order valence-electron chi connectivity index (χ0n) is 8.26. The topological polar surface area (TPSA) is 41.8 Å². The molecule has 1 heterocycles. The molecule has 0 saturated carbocycles. The lowest BCUT2D eigenvalue weighted by Gasteiger charge is -2.17. The van der Waals surface area contributed by atoms with Gasteiger partial charge in [0, 0.05) is 27.1 Å². The second kappa shape index (κ2) is 3.11. The lowest BCUT2D eigenvalue weighted by Crippen LogP contribution is -2.28. The summed E-state index contributed by atoms with van der Waals surface area (Å²) in [5.41, 5.74) is 8.05. The highest BCUT2D eigenvalue weighted by Crippen LogP contribution is 2.28. The number of fused-ring (bicyclic) bond motifs is 1. The van der Waals surface area contributed by atoms with E-state index in [1.807, 2.05) is 26.1 Å². The van der Waals surface area contributed by atoms with Gasteiger partial charge in [-0.15, -0.1) is 0 Å². The van der Waals surface area contributed by atoms with Crippen LogP contribution in [-0.4, -0.2) is 4.98 Å². The van der Waals surface area contributed by atoms with Crippen molar-refractivity contribution in [3.8, 4) is 0 Å². The number of hydrogen-bond acceptors (Lipinski definition) is 1. The molecule has 3 N–H and O–H groups in total. The van der Waals surface area contributed by atoms with Crippen molar-refractivity contribution in [2.45, 2.75) is 19.4 Å². The molecule has 0 aliphatic carbocycles. The summed E-state index contributed by atoms with van der Waals surface area (Å²) in [6, 6.07) is 6.16. The van der Waals surface area contributed by atoms with Gasteiger partial charge in [0.15, 0.2) is 0 Å². The number of benzene rings is 1. The first kappa shape index (κ1) is 9.74. The van der Waals surface area contributed by atoms with E-state index in [-0.39, 0.29) is 5.54 Å². The van der Waals surface area contributed by atoms with Gasteiger partial charge < -0.3 is 10.7 Å². The van der Waals surface area contributed by atoms with Crippen LogP contribution in [0.15, 0.2) is 28.9 Å². The van der Waals surface area contributed by atoms with E-state index >= 15 is 0 Å². The molecule has 0 unspecified atom stereocenters. The molecule has 1 aromatic carbocycles. The maximum atomic E-state index is 6.08. The SMILES string of the molecule is CC(C)(N)c1c[nH]c2ccc(Br)cc12. The van der Waals surface area contributed by atoms with Crippen LogP contribution in [0.25, 0.3) is 10.9 Å². The Kier molecular flexibility index (Phi) is 2.16. The molecule has 0 bridgehead atoms. The fraction of sp³-hybridized carbons (Fsp3) is 0.273. The first-order valence-electron chi connectivity index (χ1n) is 4.54. The highest BCUT2D eigenvalue weighted by Gasteiger charge is 2.18. The van der Waals surface area contributed by atoms with Crippen LogP contribution in [0, 0.1) is 0 Å². The smallest absolute Gasteiger partial charge is 0.0458 e. The van der Waals surface area contributed by atoms with Gasteiger partial charge in [-0.25, -0.2) is 0 Å². The standard InChI is InChI=1S/C11H13BrN2/c1-11(2,13)9-6-14-10-4-3-7(12)5-8(9)10/h3-6,14H,13H2,1-2H3. The van der Waals surface area contributed by atoms with E-state index in [9.17, 15) is 0 Å². The highest BCUT2D eigenvalue weighted by molar-refractivity contribution is 9.10. The summed E-state index contributed by atoms with van der Waals surface area (Å²) in [7, 11) is 0. The highest BCUT2D eigenvalue weighted by atomic mass is 79.9. The second-order valence-electron chi connectivity index (χ2n) is 4.11. The van der Waals surface area contributed by atoms with Crippen LogP contribution in [0.2, 0.25) is 0 Å². The molecule has 0 atom stereocenters. The molecule has 0 aliphatic rings. The molecule has 0 spiro atoms. The molecule has 1 aromatic heterocycles. The minimum atomic E-state index is -0.307. The van der Waals surface area contributed by atoms with Gasteiger partial charge in [0.2, 0.25) is 0 Å². The van der Waals surface area contributed by atoms with E-state index < -0.39 is 0 Å². The zero-order valence-corrected chi connectivity index (χ0v) is 9.85. The van der Waals surface area contributed by atoms with Crippen molar-refractivity contribution in [2.75, 3.05) is 0 Å². The van der Waals surface area contributed by atoms with Crippen molar-refractivity contribution in [3.05, 3.63) is 34.4 Å². The molecule has 0 radical (unpaired) electrons. The summed E-state index contributed by atoms with van der Waals surface area (Å²) in [6.45, 7) is 4.02. The van der Waals surface area contributed by atoms with Crippen molar-refractivity contribution in [2.24, 2.45) is 5.73 Å². The van der Waals surface area contributed by atoms with Gasteiger partial charge in [-0.3, -0.25) is 0 Å². The average molecular weight is 253 g/mol. The van der Waals surface area contributed by atoms with Crippen LogP contribution in [0.5, 0.6) is 0 Å². The predicted molar refractivity (Wildman–Crippen MR) is 63.2 cm³/mol. The lowest BCUT2D eigenvalue weighted by atomic mass is 9.95. The summed E-state index contributed by atoms with van der Waals surface area (Å²) < 4.78 is 1.08. The second-order valence-corrected chi connectivity index (χ2v) is 5.03. The van der Waals surface area contributed by atoms with Gasteiger partial charge in [0.05, 0.1) is 0 Å². The number of aromatic amines is 1. The van der Waals surface area contributed by atoms with E-state index in [0.717, 1.165) is 15.6 Å². The third kappa shape index (κ3) is 1.57. The predicted octanol–water partition coefficient (Wildman–Crippen LogP) is 3.12. The van der Waals surface area contributed by atoms with Crippen LogP contribution in [-0.2, 0) is 5.54 Å². The summed E-state index contributed by atoms with van der Waals surface area (Å²) in [6.07, 6.45) is 1.98. The van der Waals surface area contributed by atoms with Crippen LogP contribution in [0.4, 0.5) is 0 Å². The Bertz CT molecular complexity index is 466. The van der Waals surface area contributed by atoms with E-state index in [0.29, 0.717) is 0 Å². The molecule has 2 aromatic rings.